The Labute approximate surface area is 104 Å². The Kier molecular flexibility index (Phi) is 4.41. The van der Waals surface area contributed by atoms with Gasteiger partial charge in [-0.15, -0.1) is 0 Å². The van der Waals surface area contributed by atoms with E-state index in [0.717, 1.165) is 12.8 Å². The standard InChI is InChI=1S/C11H22N2O3S/c1-16-7-2-8-17(14,15)13-6-5-10-3-4-11(9-13)12-10/h10-12H,2-9H2,1H3. The first-order chi connectivity index (χ1) is 8.12. The molecular formula is C11H22N2O3S. The molecule has 0 saturated carbocycles. The van der Waals surface area contributed by atoms with Crippen molar-refractivity contribution in [3.05, 3.63) is 0 Å². The molecule has 2 saturated heterocycles. The van der Waals surface area contributed by atoms with Crippen LogP contribution in [0.4, 0.5) is 0 Å². The molecule has 0 radical (unpaired) electrons. The Balaban J connectivity index is 1.92. The molecule has 5 nitrogen and oxygen atoms in total. The Hall–Kier alpha value is -0.170. The second-order valence-corrected chi connectivity index (χ2v) is 7.04. The summed E-state index contributed by atoms with van der Waals surface area (Å²) in [5, 5.41) is 3.49. The Morgan fingerprint density at radius 2 is 2.06 bits per heavy atom. The fraction of sp³-hybridized carbons (Fsp3) is 1.00. The van der Waals surface area contributed by atoms with Gasteiger partial charge in [-0.25, -0.2) is 12.7 Å². The van der Waals surface area contributed by atoms with Crippen molar-refractivity contribution in [3.8, 4) is 0 Å². The zero-order chi connectivity index (χ0) is 12.3. The van der Waals surface area contributed by atoms with E-state index in [4.69, 9.17) is 4.74 Å². The summed E-state index contributed by atoms with van der Waals surface area (Å²) in [6.45, 7) is 1.83. The molecule has 6 heteroatoms. The molecule has 2 heterocycles. The van der Waals surface area contributed by atoms with Crippen LogP contribution in [0.15, 0.2) is 0 Å². The van der Waals surface area contributed by atoms with E-state index in [1.54, 1.807) is 11.4 Å². The minimum atomic E-state index is -3.09. The molecule has 2 unspecified atom stereocenters. The lowest BCUT2D eigenvalue weighted by molar-refractivity contribution is 0.199. The van der Waals surface area contributed by atoms with E-state index in [-0.39, 0.29) is 5.75 Å². The maximum Gasteiger partial charge on any atom is 0.214 e. The maximum atomic E-state index is 12.1. The van der Waals surface area contributed by atoms with Crippen LogP contribution >= 0.6 is 0 Å². The van der Waals surface area contributed by atoms with Gasteiger partial charge in [-0.05, 0) is 25.7 Å². The first kappa shape index (κ1) is 13.3. The molecule has 2 rings (SSSR count). The second-order valence-electron chi connectivity index (χ2n) is 4.95. The predicted octanol–water partition coefficient (Wildman–Crippen LogP) is 0.179. The maximum absolute atomic E-state index is 12.1. The van der Waals surface area contributed by atoms with Crippen LogP contribution in [-0.4, -0.2) is 57.4 Å². The Morgan fingerprint density at radius 1 is 1.29 bits per heavy atom. The quantitative estimate of drug-likeness (QED) is 0.718. The summed E-state index contributed by atoms with van der Waals surface area (Å²) in [6.07, 6.45) is 3.83. The topological polar surface area (TPSA) is 58.6 Å². The third-order valence-corrected chi connectivity index (χ3v) is 5.55. The van der Waals surface area contributed by atoms with Gasteiger partial charge in [0.1, 0.15) is 0 Å². The number of nitrogens with one attached hydrogen (secondary N) is 1. The number of ether oxygens (including phenoxy) is 1. The van der Waals surface area contributed by atoms with Crippen molar-refractivity contribution in [1.29, 1.82) is 0 Å². The highest BCUT2D eigenvalue weighted by Gasteiger charge is 2.33. The van der Waals surface area contributed by atoms with Crippen molar-refractivity contribution >= 4 is 10.0 Å². The summed E-state index contributed by atoms with van der Waals surface area (Å²) >= 11 is 0. The molecule has 0 aliphatic carbocycles. The highest BCUT2D eigenvalue weighted by atomic mass is 32.2. The highest BCUT2D eigenvalue weighted by molar-refractivity contribution is 7.89. The molecule has 2 aliphatic rings. The number of methoxy groups -OCH3 is 1. The molecule has 100 valence electrons. The fourth-order valence-electron chi connectivity index (χ4n) is 2.68. The minimum Gasteiger partial charge on any atom is -0.385 e. The number of fused-ring (bicyclic) bond motifs is 2. The largest absolute Gasteiger partial charge is 0.385 e. The summed E-state index contributed by atoms with van der Waals surface area (Å²) in [7, 11) is -1.49. The summed E-state index contributed by atoms with van der Waals surface area (Å²) in [6, 6.07) is 0.888. The van der Waals surface area contributed by atoms with Crippen molar-refractivity contribution < 1.29 is 13.2 Å². The van der Waals surface area contributed by atoms with E-state index in [2.05, 4.69) is 5.32 Å². The van der Waals surface area contributed by atoms with Gasteiger partial charge in [0.25, 0.3) is 0 Å². The molecule has 2 fully saturated rings. The van der Waals surface area contributed by atoms with E-state index in [1.807, 2.05) is 0 Å². The fourth-order valence-corrected chi connectivity index (χ4v) is 4.21. The molecule has 0 aromatic heterocycles. The number of rotatable bonds is 5. The average molecular weight is 262 g/mol. The molecule has 0 aromatic rings. The van der Waals surface area contributed by atoms with Gasteiger partial charge in [-0.1, -0.05) is 0 Å². The minimum absolute atomic E-state index is 0.207. The highest BCUT2D eigenvalue weighted by Crippen LogP contribution is 2.22. The molecule has 0 amide bonds. The van der Waals surface area contributed by atoms with Crippen molar-refractivity contribution in [2.75, 3.05) is 32.6 Å². The van der Waals surface area contributed by atoms with Crippen LogP contribution in [0.1, 0.15) is 25.7 Å². The summed E-state index contributed by atoms with van der Waals surface area (Å²) < 4.78 is 30.8. The molecule has 2 aliphatic heterocycles. The third kappa shape index (κ3) is 3.40. The molecule has 17 heavy (non-hydrogen) atoms. The Bertz CT molecular complexity index is 345. The molecule has 2 atom stereocenters. The Morgan fingerprint density at radius 3 is 2.82 bits per heavy atom. The van der Waals surface area contributed by atoms with Gasteiger partial charge in [-0.2, -0.15) is 0 Å². The normalized spacial score (nSPS) is 30.4. The summed E-state index contributed by atoms with van der Waals surface area (Å²) in [5.41, 5.74) is 0. The first-order valence-corrected chi connectivity index (χ1v) is 7.95. The van der Waals surface area contributed by atoms with Crippen molar-refractivity contribution in [2.45, 2.75) is 37.8 Å². The zero-order valence-corrected chi connectivity index (χ0v) is 11.2. The van der Waals surface area contributed by atoms with Gasteiger partial charge in [0.05, 0.1) is 5.75 Å². The van der Waals surface area contributed by atoms with Crippen LogP contribution < -0.4 is 5.32 Å². The average Bonchev–Trinajstić information content (AvgIpc) is 2.57. The van der Waals surface area contributed by atoms with Crippen molar-refractivity contribution in [2.24, 2.45) is 0 Å². The van der Waals surface area contributed by atoms with E-state index in [1.165, 1.54) is 6.42 Å². The lowest BCUT2D eigenvalue weighted by Gasteiger charge is -2.23. The number of nitrogens with zero attached hydrogens (tertiary/aromatic N) is 1. The van der Waals surface area contributed by atoms with Crippen LogP contribution in [0, 0.1) is 0 Å². The zero-order valence-electron chi connectivity index (χ0n) is 10.4. The van der Waals surface area contributed by atoms with Crippen molar-refractivity contribution in [3.63, 3.8) is 0 Å². The molecular weight excluding hydrogens is 240 g/mol. The second kappa shape index (κ2) is 5.65. The van der Waals surface area contributed by atoms with Crippen LogP contribution in [0.3, 0.4) is 0 Å². The summed E-state index contributed by atoms with van der Waals surface area (Å²) in [4.78, 5) is 0. The van der Waals surface area contributed by atoms with Crippen LogP contribution in [-0.2, 0) is 14.8 Å². The summed E-state index contributed by atoms with van der Waals surface area (Å²) in [5.74, 6) is 0.207. The predicted molar refractivity (Wildman–Crippen MR) is 66.4 cm³/mol. The number of hydrogen-bond acceptors (Lipinski definition) is 4. The first-order valence-electron chi connectivity index (χ1n) is 6.34. The van der Waals surface area contributed by atoms with E-state index < -0.39 is 10.0 Å². The van der Waals surface area contributed by atoms with Gasteiger partial charge in [0.2, 0.25) is 10.0 Å². The monoisotopic (exact) mass is 262 g/mol. The van der Waals surface area contributed by atoms with Crippen molar-refractivity contribution in [1.82, 2.24) is 9.62 Å². The van der Waals surface area contributed by atoms with E-state index >= 15 is 0 Å². The molecule has 1 N–H and O–H groups in total. The van der Waals surface area contributed by atoms with Gasteiger partial charge in [0.15, 0.2) is 0 Å². The lowest BCUT2D eigenvalue weighted by Crippen LogP contribution is -2.40. The van der Waals surface area contributed by atoms with Crippen LogP contribution in [0.25, 0.3) is 0 Å². The van der Waals surface area contributed by atoms with E-state index in [0.29, 0.717) is 38.2 Å². The van der Waals surface area contributed by atoms with Gasteiger partial charge in [0, 0.05) is 38.9 Å². The number of sulfonamides is 1. The lowest BCUT2D eigenvalue weighted by atomic mass is 10.1. The van der Waals surface area contributed by atoms with E-state index in [9.17, 15) is 8.42 Å². The molecule has 2 bridgehead atoms. The molecule has 0 spiro atoms. The van der Waals surface area contributed by atoms with Crippen LogP contribution in [0.2, 0.25) is 0 Å². The van der Waals surface area contributed by atoms with Gasteiger partial charge in [-0.3, -0.25) is 0 Å². The van der Waals surface area contributed by atoms with Gasteiger partial charge >= 0.3 is 0 Å². The third-order valence-electron chi connectivity index (χ3n) is 3.63. The smallest absolute Gasteiger partial charge is 0.214 e. The SMILES string of the molecule is COCCCS(=O)(=O)N1CCC2CCC(C1)N2. The van der Waals surface area contributed by atoms with Crippen LogP contribution in [0.5, 0.6) is 0 Å². The molecule has 0 aromatic carbocycles. The van der Waals surface area contributed by atoms with Gasteiger partial charge < -0.3 is 10.1 Å². The number of hydrogen-bond donors (Lipinski definition) is 1.